The predicted molar refractivity (Wildman–Crippen MR) is 68.5 cm³/mol. The zero-order valence-corrected chi connectivity index (χ0v) is 11.5. The molecule has 5 heteroatoms. The lowest BCUT2D eigenvalue weighted by Crippen LogP contribution is -1.88. The van der Waals surface area contributed by atoms with Crippen LogP contribution >= 0.6 is 38.6 Å². The molecule has 0 saturated heterocycles. The fraction of sp³-hybridized carbons (Fsp3) is 0.300. The van der Waals surface area contributed by atoms with E-state index in [-0.39, 0.29) is 0 Å². The third-order valence-electron chi connectivity index (χ3n) is 1.98. The lowest BCUT2D eigenvalue weighted by Gasteiger charge is -1.95. The van der Waals surface area contributed by atoms with E-state index < -0.39 is 6.10 Å². The van der Waals surface area contributed by atoms with Crippen molar-refractivity contribution in [2.75, 3.05) is 0 Å². The fourth-order valence-corrected chi connectivity index (χ4v) is 3.64. The molecule has 2 aromatic heterocycles. The highest BCUT2D eigenvalue weighted by atomic mass is 79.9. The van der Waals surface area contributed by atoms with Crippen molar-refractivity contribution in [1.82, 2.24) is 4.98 Å². The lowest BCUT2D eigenvalue weighted by molar-refractivity contribution is 0.199. The maximum atomic E-state index is 9.46. The molecule has 0 aliphatic rings. The Kier molecular flexibility index (Phi) is 3.25. The van der Waals surface area contributed by atoms with Gasteiger partial charge in [-0.15, -0.1) is 22.7 Å². The molecule has 2 aromatic rings. The quantitative estimate of drug-likeness (QED) is 0.910. The zero-order valence-electron chi connectivity index (χ0n) is 8.32. The molecule has 1 atom stereocenters. The summed E-state index contributed by atoms with van der Waals surface area (Å²) in [6, 6.07) is 4.06. The van der Waals surface area contributed by atoms with Crippen LogP contribution in [0, 0.1) is 6.92 Å². The van der Waals surface area contributed by atoms with Crippen molar-refractivity contribution < 1.29 is 5.11 Å². The van der Waals surface area contributed by atoms with Gasteiger partial charge in [0, 0.05) is 4.88 Å². The zero-order chi connectivity index (χ0) is 11.0. The number of rotatable bonds is 2. The van der Waals surface area contributed by atoms with E-state index in [1.807, 2.05) is 19.1 Å². The van der Waals surface area contributed by atoms with Crippen LogP contribution in [-0.2, 0) is 0 Å². The Morgan fingerprint density at radius 1 is 1.40 bits per heavy atom. The summed E-state index contributed by atoms with van der Waals surface area (Å²) in [6.45, 7) is 3.78. The highest BCUT2D eigenvalue weighted by molar-refractivity contribution is 9.11. The Labute approximate surface area is 105 Å². The van der Waals surface area contributed by atoms with E-state index >= 15 is 0 Å². The maximum Gasteiger partial charge on any atom is 0.122 e. The Balaban J connectivity index is 2.44. The second-order valence-electron chi connectivity index (χ2n) is 3.24. The number of aliphatic hydroxyl groups is 1. The van der Waals surface area contributed by atoms with Crippen LogP contribution in [0.3, 0.4) is 0 Å². The van der Waals surface area contributed by atoms with Crippen molar-refractivity contribution in [3.05, 3.63) is 25.8 Å². The SMILES string of the molecule is Cc1sc(C(C)O)nc1-c1ccc(Br)s1. The van der Waals surface area contributed by atoms with Crippen molar-refractivity contribution in [3.8, 4) is 10.6 Å². The van der Waals surface area contributed by atoms with Crippen LogP contribution in [0.1, 0.15) is 22.9 Å². The Bertz CT molecular complexity index is 475. The molecule has 0 aliphatic heterocycles. The molecule has 2 nitrogen and oxygen atoms in total. The van der Waals surface area contributed by atoms with Crippen molar-refractivity contribution in [3.63, 3.8) is 0 Å². The second kappa shape index (κ2) is 4.33. The van der Waals surface area contributed by atoms with Gasteiger partial charge < -0.3 is 5.11 Å². The van der Waals surface area contributed by atoms with Crippen molar-refractivity contribution in [2.24, 2.45) is 0 Å². The van der Waals surface area contributed by atoms with Crippen LogP contribution in [0.4, 0.5) is 0 Å². The van der Waals surface area contributed by atoms with E-state index in [1.54, 1.807) is 29.6 Å². The molecule has 0 bridgehead atoms. The molecule has 0 fully saturated rings. The summed E-state index contributed by atoms with van der Waals surface area (Å²) >= 11 is 6.65. The molecule has 1 N–H and O–H groups in total. The summed E-state index contributed by atoms with van der Waals surface area (Å²) in [4.78, 5) is 6.75. The topological polar surface area (TPSA) is 33.1 Å². The molecule has 0 spiro atoms. The van der Waals surface area contributed by atoms with Crippen LogP contribution < -0.4 is 0 Å². The van der Waals surface area contributed by atoms with Crippen LogP contribution in [0.2, 0.25) is 0 Å². The normalized spacial score (nSPS) is 13.1. The number of halogens is 1. The van der Waals surface area contributed by atoms with Crippen LogP contribution in [-0.4, -0.2) is 10.1 Å². The predicted octanol–water partition coefficient (Wildman–Crippen LogP) is 4.00. The minimum Gasteiger partial charge on any atom is -0.386 e. The minimum absolute atomic E-state index is 0.481. The first-order valence-corrected chi connectivity index (χ1v) is 6.91. The number of hydrogen-bond donors (Lipinski definition) is 1. The number of aryl methyl sites for hydroxylation is 1. The molecule has 0 saturated carbocycles. The summed E-state index contributed by atoms with van der Waals surface area (Å²) in [5.41, 5.74) is 0.992. The van der Waals surface area contributed by atoms with Gasteiger partial charge in [0.1, 0.15) is 11.1 Å². The number of thiophene rings is 1. The van der Waals surface area contributed by atoms with Crippen LogP contribution in [0.5, 0.6) is 0 Å². The first kappa shape index (κ1) is 11.3. The van der Waals surface area contributed by atoms with Crippen molar-refractivity contribution >= 4 is 38.6 Å². The van der Waals surface area contributed by atoms with Gasteiger partial charge in [-0.3, -0.25) is 0 Å². The van der Waals surface area contributed by atoms with E-state index in [0.717, 1.165) is 24.2 Å². The van der Waals surface area contributed by atoms with E-state index in [1.165, 1.54) is 0 Å². The minimum atomic E-state index is -0.481. The molecule has 0 radical (unpaired) electrons. The Morgan fingerprint density at radius 2 is 2.13 bits per heavy atom. The van der Waals surface area contributed by atoms with Gasteiger partial charge in [-0.05, 0) is 41.9 Å². The summed E-state index contributed by atoms with van der Waals surface area (Å²) in [5.74, 6) is 0. The van der Waals surface area contributed by atoms with Gasteiger partial charge in [0.25, 0.3) is 0 Å². The van der Waals surface area contributed by atoms with Gasteiger partial charge in [0.05, 0.1) is 14.4 Å². The van der Waals surface area contributed by atoms with Gasteiger partial charge in [-0.2, -0.15) is 0 Å². The van der Waals surface area contributed by atoms with Crippen molar-refractivity contribution in [1.29, 1.82) is 0 Å². The average Bonchev–Trinajstić information content (AvgIpc) is 2.71. The molecule has 15 heavy (non-hydrogen) atoms. The number of aromatic nitrogens is 1. The highest BCUT2D eigenvalue weighted by Gasteiger charge is 2.14. The first-order chi connectivity index (χ1) is 7.08. The monoisotopic (exact) mass is 303 g/mol. The third-order valence-corrected chi connectivity index (χ3v) is 4.75. The molecule has 1 unspecified atom stereocenters. The van der Waals surface area contributed by atoms with E-state index in [4.69, 9.17) is 0 Å². The first-order valence-electron chi connectivity index (χ1n) is 4.49. The maximum absolute atomic E-state index is 9.46. The van der Waals surface area contributed by atoms with Gasteiger partial charge in [-0.1, -0.05) is 0 Å². The van der Waals surface area contributed by atoms with Crippen LogP contribution in [0.15, 0.2) is 15.9 Å². The van der Waals surface area contributed by atoms with E-state index in [9.17, 15) is 5.11 Å². The molecule has 0 amide bonds. The van der Waals surface area contributed by atoms with E-state index in [0.29, 0.717) is 0 Å². The van der Waals surface area contributed by atoms with Gasteiger partial charge >= 0.3 is 0 Å². The number of nitrogens with zero attached hydrogens (tertiary/aromatic N) is 1. The van der Waals surface area contributed by atoms with E-state index in [2.05, 4.69) is 20.9 Å². The number of hydrogen-bond acceptors (Lipinski definition) is 4. The van der Waals surface area contributed by atoms with Gasteiger partial charge in [0.15, 0.2) is 0 Å². The van der Waals surface area contributed by atoms with Crippen molar-refractivity contribution in [2.45, 2.75) is 20.0 Å². The average molecular weight is 304 g/mol. The summed E-state index contributed by atoms with van der Waals surface area (Å²) < 4.78 is 1.10. The van der Waals surface area contributed by atoms with Gasteiger partial charge in [-0.25, -0.2) is 4.98 Å². The molecule has 0 aliphatic carbocycles. The Hall–Kier alpha value is -0.230. The summed E-state index contributed by atoms with van der Waals surface area (Å²) in [5, 5.41) is 10.2. The summed E-state index contributed by atoms with van der Waals surface area (Å²) in [7, 11) is 0. The Morgan fingerprint density at radius 3 is 2.60 bits per heavy atom. The largest absolute Gasteiger partial charge is 0.386 e. The number of aliphatic hydroxyl groups excluding tert-OH is 1. The second-order valence-corrected chi connectivity index (χ2v) is 6.93. The standard InChI is InChI=1S/C10H10BrNOS2/c1-5(13)10-12-9(6(2)14-10)7-3-4-8(11)15-7/h3-5,13H,1-2H3. The van der Waals surface area contributed by atoms with Gasteiger partial charge in [0.2, 0.25) is 0 Å². The smallest absolute Gasteiger partial charge is 0.122 e. The highest BCUT2D eigenvalue weighted by Crippen LogP contribution is 2.35. The molecule has 0 aromatic carbocycles. The molecule has 80 valence electrons. The summed E-state index contributed by atoms with van der Waals surface area (Å²) in [6.07, 6.45) is -0.481. The van der Waals surface area contributed by atoms with Crippen LogP contribution in [0.25, 0.3) is 10.6 Å². The number of thiazole rings is 1. The lowest BCUT2D eigenvalue weighted by atomic mass is 10.3. The molecule has 2 heterocycles. The molecular formula is C10H10BrNOS2. The molecular weight excluding hydrogens is 294 g/mol. The third kappa shape index (κ3) is 2.30. The fourth-order valence-electron chi connectivity index (χ4n) is 1.27. The molecule has 2 rings (SSSR count).